The maximum Gasteiger partial charge on any atom is 0.243 e. The van der Waals surface area contributed by atoms with E-state index in [-0.39, 0.29) is 29.7 Å². The average molecular weight is 415 g/mol. The van der Waals surface area contributed by atoms with Crippen molar-refractivity contribution in [3.8, 4) is 0 Å². The molecule has 1 aliphatic rings. The van der Waals surface area contributed by atoms with Gasteiger partial charge in [-0.25, -0.2) is 8.42 Å². The summed E-state index contributed by atoms with van der Waals surface area (Å²) in [6.07, 6.45) is 0. The normalized spacial score (nSPS) is 15.9. The van der Waals surface area contributed by atoms with E-state index in [1.807, 2.05) is 44.2 Å². The molecule has 154 valence electrons. The third-order valence-electron chi connectivity index (χ3n) is 5.45. The second-order valence-corrected chi connectivity index (χ2v) is 9.71. The molecule has 7 heteroatoms. The van der Waals surface area contributed by atoms with Gasteiger partial charge in [-0.3, -0.25) is 9.59 Å². The summed E-state index contributed by atoms with van der Waals surface area (Å²) in [6, 6.07) is 15.6. The maximum absolute atomic E-state index is 13.1. The van der Waals surface area contributed by atoms with Crippen molar-refractivity contribution in [3.63, 3.8) is 0 Å². The standard InChI is InChI=1S/C22H26N2O4S/c1-17(25)18-9-11-20(12-10-18)29(27,28)24-15-13-23(14-16-24)21(26)22(2,3)19-7-5-4-6-8-19/h4-12H,13-16H2,1-3H3. The Bertz CT molecular complexity index is 991. The van der Waals surface area contributed by atoms with Gasteiger partial charge in [-0.05, 0) is 38.5 Å². The van der Waals surface area contributed by atoms with Crippen molar-refractivity contribution in [2.75, 3.05) is 26.2 Å². The molecular weight excluding hydrogens is 388 g/mol. The summed E-state index contributed by atoms with van der Waals surface area (Å²) in [5.74, 6) is -0.117. The maximum atomic E-state index is 13.1. The number of carbonyl (C=O) groups is 2. The number of piperazine rings is 1. The van der Waals surface area contributed by atoms with Gasteiger partial charge in [0.05, 0.1) is 10.3 Å². The van der Waals surface area contributed by atoms with Gasteiger partial charge in [0.1, 0.15) is 0 Å². The van der Waals surface area contributed by atoms with Gasteiger partial charge in [-0.2, -0.15) is 4.31 Å². The van der Waals surface area contributed by atoms with E-state index in [1.54, 1.807) is 4.90 Å². The first kappa shape index (κ1) is 21.2. The molecule has 0 aliphatic carbocycles. The minimum absolute atomic E-state index is 0.00782. The van der Waals surface area contributed by atoms with Crippen molar-refractivity contribution < 1.29 is 18.0 Å². The largest absolute Gasteiger partial charge is 0.339 e. The zero-order valence-electron chi connectivity index (χ0n) is 17.0. The highest BCUT2D eigenvalue weighted by atomic mass is 32.2. The summed E-state index contributed by atoms with van der Waals surface area (Å²) < 4.78 is 27.2. The van der Waals surface area contributed by atoms with Gasteiger partial charge >= 0.3 is 0 Å². The van der Waals surface area contributed by atoms with E-state index in [9.17, 15) is 18.0 Å². The van der Waals surface area contributed by atoms with Crippen LogP contribution >= 0.6 is 0 Å². The molecule has 0 N–H and O–H groups in total. The first-order valence-corrected chi connectivity index (χ1v) is 11.0. The third-order valence-corrected chi connectivity index (χ3v) is 7.37. The van der Waals surface area contributed by atoms with Crippen LogP contribution in [0.25, 0.3) is 0 Å². The van der Waals surface area contributed by atoms with E-state index in [1.165, 1.54) is 35.5 Å². The minimum Gasteiger partial charge on any atom is -0.339 e. The van der Waals surface area contributed by atoms with E-state index in [0.717, 1.165) is 5.56 Å². The quantitative estimate of drug-likeness (QED) is 0.705. The molecule has 29 heavy (non-hydrogen) atoms. The summed E-state index contributed by atoms with van der Waals surface area (Å²) in [7, 11) is -3.66. The number of Topliss-reactive ketones (excluding diaryl/α,β-unsaturated/α-hetero) is 1. The fourth-order valence-electron chi connectivity index (χ4n) is 3.52. The topological polar surface area (TPSA) is 74.8 Å². The van der Waals surface area contributed by atoms with Gasteiger partial charge in [0.2, 0.25) is 15.9 Å². The lowest BCUT2D eigenvalue weighted by atomic mass is 9.83. The predicted molar refractivity (Wildman–Crippen MR) is 111 cm³/mol. The summed E-state index contributed by atoms with van der Waals surface area (Å²) in [4.78, 5) is 26.4. The van der Waals surface area contributed by atoms with Crippen LogP contribution in [0.4, 0.5) is 0 Å². The molecular formula is C22H26N2O4S. The van der Waals surface area contributed by atoms with Gasteiger partial charge in [0, 0.05) is 31.7 Å². The molecule has 0 saturated carbocycles. The Hall–Kier alpha value is -2.51. The summed E-state index contributed by atoms with van der Waals surface area (Å²) >= 11 is 0. The number of rotatable bonds is 5. The van der Waals surface area contributed by atoms with Gasteiger partial charge in [0.15, 0.2) is 5.78 Å². The van der Waals surface area contributed by atoms with E-state index >= 15 is 0 Å². The van der Waals surface area contributed by atoms with Crippen LogP contribution in [0.3, 0.4) is 0 Å². The smallest absolute Gasteiger partial charge is 0.243 e. The van der Waals surface area contributed by atoms with Gasteiger partial charge in [-0.15, -0.1) is 0 Å². The highest BCUT2D eigenvalue weighted by Gasteiger charge is 2.37. The summed E-state index contributed by atoms with van der Waals surface area (Å²) in [5.41, 5.74) is 0.735. The van der Waals surface area contributed by atoms with Crippen molar-refractivity contribution in [1.29, 1.82) is 0 Å². The van der Waals surface area contributed by atoms with E-state index in [4.69, 9.17) is 0 Å². The molecule has 1 heterocycles. The number of sulfonamides is 1. The number of benzene rings is 2. The molecule has 0 spiro atoms. The highest BCUT2D eigenvalue weighted by molar-refractivity contribution is 7.89. The molecule has 1 fully saturated rings. The van der Waals surface area contributed by atoms with Crippen molar-refractivity contribution in [2.24, 2.45) is 0 Å². The SMILES string of the molecule is CC(=O)c1ccc(S(=O)(=O)N2CCN(C(=O)C(C)(C)c3ccccc3)CC2)cc1. The molecule has 0 aromatic heterocycles. The van der Waals surface area contributed by atoms with Crippen molar-refractivity contribution in [1.82, 2.24) is 9.21 Å². The van der Waals surface area contributed by atoms with Crippen molar-refractivity contribution in [2.45, 2.75) is 31.1 Å². The second-order valence-electron chi connectivity index (χ2n) is 7.77. The minimum atomic E-state index is -3.66. The Morgan fingerprint density at radius 1 is 0.862 bits per heavy atom. The van der Waals surface area contributed by atoms with Gasteiger partial charge in [0.25, 0.3) is 0 Å². The number of hydrogen-bond donors (Lipinski definition) is 0. The Morgan fingerprint density at radius 3 is 1.93 bits per heavy atom. The van der Waals surface area contributed by atoms with Crippen molar-refractivity contribution in [3.05, 3.63) is 65.7 Å². The van der Waals surface area contributed by atoms with Crippen LogP contribution in [-0.4, -0.2) is 55.5 Å². The molecule has 6 nitrogen and oxygen atoms in total. The molecule has 2 aromatic rings. The van der Waals surface area contributed by atoms with E-state index < -0.39 is 15.4 Å². The lowest BCUT2D eigenvalue weighted by Gasteiger charge is -2.38. The molecule has 0 bridgehead atoms. The molecule has 0 atom stereocenters. The lowest BCUT2D eigenvalue weighted by molar-refractivity contribution is -0.137. The highest BCUT2D eigenvalue weighted by Crippen LogP contribution is 2.27. The predicted octanol–water partition coefficient (Wildman–Crippen LogP) is 2.70. The number of ketones is 1. The Kier molecular flexibility index (Phi) is 5.91. The summed E-state index contributed by atoms with van der Waals surface area (Å²) in [6.45, 7) is 6.41. The fourth-order valence-corrected chi connectivity index (χ4v) is 4.94. The molecule has 0 unspecified atom stereocenters. The van der Waals surface area contributed by atoms with E-state index in [2.05, 4.69) is 0 Å². The first-order valence-electron chi connectivity index (χ1n) is 9.60. The summed E-state index contributed by atoms with van der Waals surface area (Å²) in [5, 5.41) is 0. The Labute approximate surface area is 172 Å². The van der Waals surface area contributed by atoms with Gasteiger partial charge < -0.3 is 4.90 Å². The third kappa shape index (κ3) is 4.26. The lowest BCUT2D eigenvalue weighted by Crippen LogP contribution is -2.54. The molecule has 3 rings (SSSR count). The number of amides is 1. The molecule has 1 amide bonds. The van der Waals surface area contributed by atoms with Crippen molar-refractivity contribution >= 4 is 21.7 Å². The zero-order valence-corrected chi connectivity index (χ0v) is 17.8. The Morgan fingerprint density at radius 2 is 1.41 bits per heavy atom. The Balaban J connectivity index is 1.69. The number of hydrogen-bond acceptors (Lipinski definition) is 4. The monoisotopic (exact) mass is 414 g/mol. The van der Waals surface area contributed by atoms with Crippen LogP contribution in [0.5, 0.6) is 0 Å². The first-order chi connectivity index (χ1) is 13.6. The van der Waals surface area contributed by atoms with Crippen LogP contribution in [0, 0.1) is 0 Å². The fraction of sp³-hybridized carbons (Fsp3) is 0.364. The number of carbonyl (C=O) groups excluding carboxylic acids is 2. The van der Waals surface area contributed by atoms with Crippen LogP contribution in [0.2, 0.25) is 0 Å². The molecule has 0 radical (unpaired) electrons. The van der Waals surface area contributed by atoms with Crippen LogP contribution in [0.1, 0.15) is 36.7 Å². The van der Waals surface area contributed by atoms with E-state index in [0.29, 0.717) is 18.7 Å². The average Bonchev–Trinajstić information content (AvgIpc) is 2.74. The van der Waals surface area contributed by atoms with Crippen LogP contribution in [0.15, 0.2) is 59.5 Å². The van der Waals surface area contributed by atoms with Crippen LogP contribution in [-0.2, 0) is 20.2 Å². The molecule has 2 aromatic carbocycles. The molecule has 1 saturated heterocycles. The zero-order chi connectivity index (χ0) is 21.2. The van der Waals surface area contributed by atoms with Crippen LogP contribution < -0.4 is 0 Å². The van der Waals surface area contributed by atoms with Gasteiger partial charge in [-0.1, -0.05) is 42.5 Å². The second kappa shape index (κ2) is 8.08. The number of nitrogens with zero attached hydrogens (tertiary/aromatic N) is 2. The molecule has 1 aliphatic heterocycles.